The Morgan fingerprint density at radius 1 is 1.14 bits per heavy atom. The first kappa shape index (κ1) is 21.3. The first-order valence-corrected chi connectivity index (χ1v) is 9.78. The number of hydrogen-bond acceptors (Lipinski definition) is 4. The molecule has 3 rings (SSSR count). The van der Waals surface area contributed by atoms with Gasteiger partial charge in [0.05, 0.1) is 4.91 Å². The third kappa shape index (κ3) is 4.77. The average Bonchev–Trinajstić information content (AvgIpc) is 2.91. The number of imide groups is 1. The molecule has 1 aliphatic rings. The summed E-state index contributed by atoms with van der Waals surface area (Å²) in [4.78, 5) is 37.6. The van der Waals surface area contributed by atoms with Gasteiger partial charge in [-0.15, -0.1) is 0 Å². The maximum Gasteiger partial charge on any atom is 0.293 e. The van der Waals surface area contributed by atoms with Crippen LogP contribution in [0.1, 0.15) is 15.9 Å². The Morgan fingerprint density at radius 3 is 2.48 bits per heavy atom. The quantitative estimate of drug-likeness (QED) is 0.659. The molecule has 29 heavy (non-hydrogen) atoms. The number of nitrogens with one attached hydrogen (secondary N) is 1. The van der Waals surface area contributed by atoms with Crippen LogP contribution in [0.5, 0.6) is 0 Å². The Labute approximate surface area is 178 Å². The number of thioether (sulfide) groups is 1. The number of amides is 3. The van der Waals surface area contributed by atoms with Gasteiger partial charge in [-0.1, -0.05) is 35.3 Å². The van der Waals surface area contributed by atoms with E-state index in [1.165, 1.54) is 12.1 Å². The lowest BCUT2D eigenvalue weighted by molar-refractivity contribution is -0.122. The van der Waals surface area contributed by atoms with E-state index in [9.17, 15) is 23.2 Å². The highest BCUT2D eigenvalue weighted by molar-refractivity contribution is 8.18. The van der Waals surface area contributed by atoms with Gasteiger partial charge in [-0.05, 0) is 47.7 Å². The van der Waals surface area contributed by atoms with Crippen LogP contribution in [0.25, 0.3) is 6.08 Å². The predicted octanol–water partition coefficient (Wildman–Crippen LogP) is 4.74. The summed E-state index contributed by atoms with van der Waals surface area (Å²) < 4.78 is 27.2. The van der Waals surface area contributed by atoms with E-state index in [0.29, 0.717) is 15.6 Å². The number of rotatable bonds is 5. The van der Waals surface area contributed by atoms with E-state index in [4.69, 9.17) is 23.2 Å². The van der Waals surface area contributed by atoms with Gasteiger partial charge in [0.15, 0.2) is 0 Å². The molecule has 0 radical (unpaired) electrons. The van der Waals surface area contributed by atoms with Gasteiger partial charge in [0.1, 0.15) is 17.2 Å². The minimum absolute atomic E-state index is 0.155. The maximum atomic E-state index is 13.6. The van der Waals surface area contributed by atoms with Crippen LogP contribution >= 0.6 is 35.0 Å². The first-order valence-electron chi connectivity index (χ1n) is 8.20. The summed E-state index contributed by atoms with van der Waals surface area (Å²) in [5.41, 5.74) is -0.205. The van der Waals surface area contributed by atoms with Crippen LogP contribution in [-0.4, -0.2) is 35.0 Å². The van der Waals surface area contributed by atoms with Gasteiger partial charge in [0, 0.05) is 23.1 Å². The fourth-order valence-corrected chi connectivity index (χ4v) is 3.86. The van der Waals surface area contributed by atoms with Crippen molar-refractivity contribution in [2.75, 3.05) is 13.1 Å². The van der Waals surface area contributed by atoms with Crippen molar-refractivity contribution in [3.05, 3.63) is 74.1 Å². The van der Waals surface area contributed by atoms with Crippen LogP contribution in [0.2, 0.25) is 10.0 Å². The summed E-state index contributed by atoms with van der Waals surface area (Å²) >= 11 is 12.6. The fraction of sp³-hybridized carbons (Fsp3) is 0.105. The highest BCUT2D eigenvalue weighted by Gasteiger charge is 2.34. The molecule has 1 heterocycles. The minimum Gasteiger partial charge on any atom is -0.350 e. The van der Waals surface area contributed by atoms with Gasteiger partial charge < -0.3 is 5.32 Å². The van der Waals surface area contributed by atoms with Crippen molar-refractivity contribution in [2.45, 2.75) is 0 Å². The highest BCUT2D eigenvalue weighted by Crippen LogP contribution is 2.33. The van der Waals surface area contributed by atoms with Gasteiger partial charge in [0.25, 0.3) is 17.1 Å². The first-order chi connectivity index (χ1) is 13.8. The molecule has 0 aromatic heterocycles. The van der Waals surface area contributed by atoms with E-state index in [1.807, 2.05) is 0 Å². The molecule has 2 aromatic carbocycles. The molecule has 3 amide bonds. The number of hydrogen-bond donors (Lipinski definition) is 1. The lowest BCUT2D eigenvalue weighted by atomic mass is 10.2. The molecule has 10 heteroatoms. The smallest absolute Gasteiger partial charge is 0.293 e. The number of carbonyl (C=O) groups excluding carboxylic acids is 3. The summed E-state index contributed by atoms with van der Waals surface area (Å²) in [7, 11) is 0. The molecular formula is C19H12Cl2F2N2O3S. The lowest BCUT2D eigenvalue weighted by Gasteiger charge is -2.13. The molecule has 1 fully saturated rings. The zero-order valence-electron chi connectivity index (χ0n) is 14.5. The SMILES string of the molecule is O=C(NCCN1C(=O)S/C(=C\c2ccc(Cl)cc2Cl)C1=O)c1c(F)cccc1F. The summed E-state index contributed by atoms with van der Waals surface area (Å²) in [6.07, 6.45) is 1.47. The number of nitrogens with zero attached hydrogens (tertiary/aromatic N) is 1. The second-order valence-electron chi connectivity index (χ2n) is 5.85. The van der Waals surface area contributed by atoms with Gasteiger partial charge in [0.2, 0.25) is 0 Å². The minimum atomic E-state index is -1.00. The summed E-state index contributed by atoms with van der Waals surface area (Å²) in [5.74, 6) is -3.54. The number of benzene rings is 2. The van der Waals surface area contributed by atoms with Crippen molar-refractivity contribution in [3.8, 4) is 0 Å². The second-order valence-corrected chi connectivity index (χ2v) is 7.69. The molecule has 0 unspecified atom stereocenters. The number of halogens is 4. The molecule has 0 atom stereocenters. The summed E-state index contributed by atoms with van der Waals surface area (Å²) in [6.45, 7) is -0.322. The Balaban J connectivity index is 1.65. The van der Waals surface area contributed by atoms with Gasteiger partial charge >= 0.3 is 0 Å². The van der Waals surface area contributed by atoms with E-state index in [0.717, 1.165) is 34.9 Å². The van der Waals surface area contributed by atoms with Crippen LogP contribution in [0.4, 0.5) is 13.6 Å². The molecular weight excluding hydrogens is 445 g/mol. The van der Waals surface area contributed by atoms with Crippen molar-refractivity contribution < 1.29 is 23.2 Å². The fourth-order valence-electron chi connectivity index (χ4n) is 2.54. The van der Waals surface area contributed by atoms with E-state index >= 15 is 0 Å². The maximum absolute atomic E-state index is 13.6. The molecule has 5 nitrogen and oxygen atoms in total. The standard InChI is InChI=1S/C19H12Cl2F2N2O3S/c20-11-5-4-10(12(21)9-11)8-15-18(27)25(19(28)29-15)7-6-24-17(26)16-13(22)2-1-3-14(16)23/h1-5,8-9H,6-7H2,(H,24,26)/b15-8-. The van der Waals surface area contributed by atoms with E-state index in [1.54, 1.807) is 12.1 Å². The van der Waals surface area contributed by atoms with E-state index in [-0.39, 0.29) is 18.0 Å². The normalized spacial score (nSPS) is 15.3. The second kappa shape index (κ2) is 8.94. The molecule has 0 spiro atoms. The van der Waals surface area contributed by atoms with E-state index < -0.39 is 34.3 Å². The topological polar surface area (TPSA) is 66.5 Å². The van der Waals surface area contributed by atoms with Crippen molar-refractivity contribution in [1.82, 2.24) is 10.2 Å². The molecule has 1 aliphatic heterocycles. The van der Waals surface area contributed by atoms with Crippen molar-refractivity contribution >= 4 is 58.1 Å². The Morgan fingerprint density at radius 2 is 1.83 bits per heavy atom. The van der Waals surface area contributed by atoms with Crippen LogP contribution in [0.3, 0.4) is 0 Å². The zero-order valence-corrected chi connectivity index (χ0v) is 16.9. The molecule has 0 saturated carbocycles. The molecule has 150 valence electrons. The predicted molar refractivity (Wildman–Crippen MR) is 108 cm³/mol. The van der Waals surface area contributed by atoms with Crippen LogP contribution in [0.15, 0.2) is 41.3 Å². The molecule has 1 saturated heterocycles. The van der Waals surface area contributed by atoms with Crippen molar-refractivity contribution in [3.63, 3.8) is 0 Å². The van der Waals surface area contributed by atoms with E-state index in [2.05, 4.69) is 5.32 Å². The highest BCUT2D eigenvalue weighted by atomic mass is 35.5. The molecule has 0 aliphatic carbocycles. The molecule has 0 bridgehead atoms. The van der Waals surface area contributed by atoms with Gasteiger partial charge in [-0.25, -0.2) is 8.78 Å². The van der Waals surface area contributed by atoms with Crippen molar-refractivity contribution in [1.29, 1.82) is 0 Å². The van der Waals surface area contributed by atoms with Crippen LogP contribution < -0.4 is 5.32 Å². The third-order valence-corrected chi connectivity index (χ3v) is 5.40. The third-order valence-electron chi connectivity index (χ3n) is 3.93. The Hall–Kier alpha value is -2.42. The number of carbonyl (C=O) groups is 3. The Bertz CT molecular complexity index is 1030. The monoisotopic (exact) mass is 456 g/mol. The summed E-state index contributed by atoms with van der Waals surface area (Å²) in [5, 5.41) is 2.52. The van der Waals surface area contributed by atoms with Gasteiger partial charge in [-0.2, -0.15) is 0 Å². The average molecular weight is 457 g/mol. The van der Waals surface area contributed by atoms with Crippen molar-refractivity contribution in [2.24, 2.45) is 0 Å². The van der Waals surface area contributed by atoms with Crippen LogP contribution in [0, 0.1) is 11.6 Å². The zero-order chi connectivity index (χ0) is 21.1. The largest absolute Gasteiger partial charge is 0.350 e. The summed E-state index contributed by atoms with van der Waals surface area (Å²) in [6, 6.07) is 7.78. The van der Waals surface area contributed by atoms with Crippen LogP contribution in [-0.2, 0) is 4.79 Å². The van der Waals surface area contributed by atoms with Gasteiger partial charge in [-0.3, -0.25) is 19.3 Å². The Kier molecular flexibility index (Phi) is 6.56. The molecule has 1 N–H and O–H groups in total. The molecule has 2 aromatic rings. The lowest BCUT2D eigenvalue weighted by Crippen LogP contribution is -2.37.